The van der Waals surface area contributed by atoms with Gasteiger partial charge in [0, 0.05) is 0 Å². The fourth-order valence-electron chi connectivity index (χ4n) is 5.77. The average Bonchev–Trinajstić information content (AvgIpc) is 2.84. The molecule has 1 aromatic rings. The van der Waals surface area contributed by atoms with Gasteiger partial charge in [-0.2, -0.15) is 0 Å². The fraction of sp³-hybridized carbons (Fsp3) is 0.862. The summed E-state index contributed by atoms with van der Waals surface area (Å²) >= 11 is -5.15. The Bertz CT molecular complexity index is 588. The van der Waals surface area contributed by atoms with E-state index < -0.39 is 36.8 Å². The van der Waals surface area contributed by atoms with Crippen LogP contribution in [0.15, 0.2) is 6.20 Å². The van der Waals surface area contributed by atoms with Crippen LogP contribution in [0, 0.1) is 6.92 Å². The molecule has 1 aromatic heterocycles. The summed E-state index contributed by atoms with van der Waals surface area (Å²) < 4.78 is 12.1. The maximum absolute atomic E-state index is 5.81. The predicted molar refractivity (Wildman–Crippen MR) is 156 cm³/mol. The monoisotopic (exact) mass is 674 g/mol. The molecule has 0 amide bonds. The maximum atomic E-state index is 5.81. The fourth-order valence-corrected chi connectivity index (χ4v) is 38.1. The van der Waals surface area contributed by atoms with Gasteiger partial charge in [-0.15, -0.1) is 0 Å². The molecule has 0 saturated heterocycles. The van der Waals surface area contributed by atoms with Crippen molar-refractivity contribution in [2.45, 2.75) is 152 Å². The zero-order valence-electron chi connectivity index (χ0n) is 23.7. The Hall–Kier alpha value is 0.677. The van der Waals surface area contributed by atoms with Crippen molar-refractivity contribution in [2.75, 3.05) is 0 Å². The van der Waals surface area contributed by atoms with Crippen molar-refractivity contribution in [3.05, 3.63) is 11.8 Å². The van der Waals surface area contributed by atoms with Gasteiger partial charge in [0.05, 0.1) is 0 Å². The summed E-state index contributed by atoms with van der Waals surface area (Å²) in [7, 11) is 0. The number of aromatic nitrogens is 2. The van der Waals surface area contributed by atoms with Crippen molar-refractivity contribution in [2.24, 2.45) is 0 Å². The molecular formula is C29H58N2Sn2. The van der Waals surface area contributed by atoms with Crippen molar-refractivity contribution < 1.29 is 0 Å². The first kappa shape index (κ1) is 31.7. The Balaban J connectivity index is 3.62. The Morgan fingerprint density at radius 1 is 0.545 bits per heavy atom. The van der Waals surface area contributed by atoms with E-state index in [1.165, 1.54) is 113 Å². The van der Waals surface area contributed by atoms with Crippen molar-refractivity contribution >= 4 is 44.3 Å². The molecule has 0 unspecified atom stereocenters. The van der Waals surface area contributed by atoms with Crippen molar-refractivity contribution in [1.82, 2.24) is 9.97 Å². The van der Waals surface area contributed by atoms with Gasteiger partial charge in [-0.1, -0.05) is 0 Å². The molecule has 2 nitrogen and oxygen atoms in total. The molecule has 4 heteroatoms. The van der Waals surface area contributed by atoms with Gasteiger partial charge in [-0.3, -0.25) is 0 Å². The molecule has 0 aromatic carbocycles. The minimum atomic E-state index is -2.60. The third-order valence-corrected chi connectivity index (χ3v) is 38.2. The number of unbranched alkanes of at least 4 members (excludes halogenated alkanes) is 6. The molecule has 0 radical (unpaired) electrons. The first-order valence-electron chi connectivity index (χ1n) is 14.8. The van der Waals surface area contributed by atoms with E-state index in [1.807, 2.05) is 0 Å². The normalized spacial score (nSPS) is 12.5. The van der Waals surface area contributed by atoms with E-state index in [-0.39, 0.29) is 0 Å². The van der Waals surface area contributed by atoms with E-state index in [0.29, 0.717) is 0 Å². The van der Waals surface area contributed by atoms with Crippen LogP contribution in [-0.4, -0.2) is 46.7 Å². The quantitative estimate of drug-likeness (QED) is 0.129. The zero-order chi connectivity index (χ0) is 24.6. The summed E-state index contributed by atoms with van der Waals surface area (Å²) in [4.78, 5) is 11.1. The number of hydrogen-bond donors (Lipinski definition) is 0. The Morgan fingerprint density at radius 3 is 1.21 bits per heavy atom. The van der Waals surface area contributed by atoms with E-state index in [2.05, 4.69) is 54.7 Å². The minimum absolute atomic E-state index is 1.32. The number of rotatable bonds is 20. The second kappa shape index (κ2) is 18.0. The topological polar surface area (TPSA) is 25.8 Å². The molecule has 0 fully saturated rings. The standard InChI is InChI=1S/C5H4N2.6C4H9.2Sn/c1-5-2-6-4-7-3-5;6*1-3-4-2;;/h2H,1H3;6*1,3-4H2,2H3;;. The third kappa shape index (κ3) is 9.92. The van der Waals surface area contributed by atoms with Gasteiger partial charge in [-0.05, 0) is 0 Å². The molecule has 0 aliphatic rings. The Morgan fingerprint density at radius 2 is 0.879 bits per heavy atom. The molecule has 0 spiro atoms. The Labute approximate surface area is 216 Å². The molecule has 0 aliphatic carbocycles. The second-order valence-electron chi connectivity index (χ2n) is 10.9. The summed E-state index contributed by atoms with van der Waals surface area (Å²) in [6, 6.07) is 0. The summed E-state index contributed by atoms with van der Waals surface area (Å²) in [6.07, 6.45) is 18.7. The third-order valence-electron chi connectivity index (χ3n) is 8.00. The van der Waals surface area contributed by atoms with E-state index in [9.17, 15) is 0 Å². The number of aryl methyl sites for hydroxylation is 1. The second-order valence-corrected chi connectivity index (χ2v) is 36.7. The average molecular weight is 672 g/mol. The van der Waals surface area contributed by atoms with Crippen LogP contribution in [0.25, 0.3) is 0 Å². The van der Waals surface area contributed by atoms with Crippen LogP contribution in [0.2, 0.25) is 26.6 Å². The van der Waals surface area contributed by atoms with Gasteiger partial charge >= 0.3 is 218 Å². The molecule has 192 valence electrons. The van der Waals surface area contributed by atoms with Crippen LogP contribution in [0.3, 0.4) is 0 Å². The van der Waals surface area contributed by atoms with Crippen molar-refractivity contribution in [1.29, 1.82) is 0 Å². The number of hydrogen-bond acceptors (Lipinski definition) is 2. The van der Waals surface area contributed by atoms with E-state index in [4.69, 9.17) is 9.97 Å². The number of nitrogens with zero attached hydrogens (tertiary/aromatic N) is 2. The van der Waals surface area contributed by atoms with Gasteiger partial charge < -0.3 is 0 Å². The molecule has 1 heterocycles. The summed E-state index contributed by atoms with van der Waals surface area (Å²) in [5.41, 5.74) is 1.46. The summed E-state index contributed by atoms with van der Waals surface area (Å²) in [6.45, 7) is 16.6. The van der Waals surface area contributed by atoms with Gasteiger partial charge in [0.2, 0.25) is 0 Å². The van der Waals surface area contributed by atoms with Crippen LogP contribution >= 0.6 is 0 Å². The summed E-state index contributed by atoms with van der Waals surface area (Å²) in [5, 5.41) is 0. The van der Waals surface area contributed by atoms with Gasteiger partial charge in [-0.25, -0.2) is 0 Å². The SMILES string of the molecule is CCC[CH2][Sn]([CH2]CCC)([CH2]CCC)[c]1ncc(C)[c]([Sn]([CH2]CCC)([CH2]CCC)[CH2]CCC)n1. The molecule has 0 saturated carbocycles. The van der Waals surface area contributed by atoms with Gasteiger partial charge in [0.25, 0.3) is 0 Å². The van der Waals surface area contributed by atoms with Crippen LogP contribution in [0.5, 0.6) is 0 Å². The molecule has 0 aliphatic heterocycles. The van der Waals surface area contributed by atoms with Gasteiger partial charge in [0.15, 0.2) is 0 Å². The van der Waals surface area contributed by atoms with E-state index >= 15 is 0 Å². The van der Waals surface area contributed by atoms with E-state index in [0.717, 1.165) is 0 Å². The molecule has 0 N–H and O–H groups in total. The molecule has 33 heavy (non-hydrogen) atoms. The molecular weight excluding hydrogens is 614 g/mol. The van der Waals surface area contributed by atoms with Gasteiger partial charge in [0.1, 0.15) is 0 Å². The van der Waals surface area contributed by atoms with Crippen molar-refractivity contribution in [3.8, 4) is 0 Å². The molecule has 1 rings (SSSR count). The zero-order valence-corrected chi connectivity index (χ0v) is 29.4. The van der Waals surface area contributed by atoms with Crippen molar-refractivity contribution in [3.63, 3.8) is 0 Å². The Kier molecular flexibility index (Phi) is 17.3. The van der Waals surface area contributed by atoms with Crippen LogP contribution in [0.1, 0.15) is 124 Å². The molecule has 0 bridgehead atoms. The predicted octanol–water partition coefficient (Wildman–Crippen LogP) is 8.90. The van der Waals surface area contributed by atoms with Crippen LogP contribution < -0.4 is 7.55 Å². The summed E-state index contributed by atoms with van der Waals surface area (Å²) in [5.74, 6) is 0. The first-order chi connectivity index (χ1) is 16.0. The first-order valence-corrected chi connectivity index (χ1v) is 29.8. The van der Waals surface area contributed by atoms with Crippen LogP contribution in [-0.2, 0) is 0 Å². The molecule has 0 atom stereocenters. The van der Waals surface area contributed by atoms with Crippen LogP contribution in [0.4, 0.5) is 0 Å². The van der Waals surface area contributed by atoms with E-state index in [1.54, 1.807) is 3.71 Å².